The van der Waals surface area contributed by atoms with Crippen LogP contribution < -0.4 is 35.6 Å². The molecular formula is C33H40N4O6. The quantitative estimate of drug-likeness (QED) is 0.248. The number of pyridine rings is 1. The third-order valence-corrected chi connectivity index (χ3v) is 7.50. The Hall–Kier alpha value is -4.60. The van der Waals surface area contributed by atoms with Crippen molar-refractivity contribution in [2.24, 2.45) is 0 Å². The van der Waals surface area contributed by atoms with E-state index in [4.69, 9.17) is 14.2 Å². The van der Waals surface area contributed by atoms with Crippen molar-refractivity contribution in [2.75, 3.05) is 33.2 Å². The van der Waals surface area contributed by atoms with Crippen molar-refractivity contribution in [1.82, 2.24) is 15.6 Å². The molecule has 3 N–H and O–H groups in total. The summed E-state index contributed by atoms with van der Waals surface area (Å²) < 4.78 is 17.1. The van der Waals surface area contributed by atoms with E-state index >= 15 is 0 Å². The Bertz CT molecular complexity index is 1500. The average molecular weight is 589 g/mol. The monoisotopic (exact) mass is 588 g/mol. The highest BCUT2D eigenvalue weighted by Crippen LogP contribution is 2.50. The first kappa shape index (κ1) is 31.3. The van der Waals surface area contributed by atoms with Gasteiger partial charge in [-0.05, 0) is 72.7 Å². The second-order valence-electron chi connectivity index (χ2n) is 10.4. The lowest BCUT2D eigenvalue weighted by Gasteiger charge is -2.19. The molecule has 0 radical (unpaired) electrons. The lowest BCUT2D eigenvalue weighted by molar-refractivity contribution is -0.121. The zero-order valence-corrected chi connectivity index (χ0v) is 25.2. The Morgan fingerprint density at radius 1 is 0.977 bits per heavy atom. The van der Waals surface area contributed by atoms with Crippen LogP contribution in [0.4, 0.5) is 5.69 Å². The van der Waals surface area contributed by atoms with Crippen molar-refractivity contribution >= 4 is 17.5 Å². The molecule has 0 spiro atoms. The molecule has 0 saturated heterocycles. The number of nitrogens with zero attached hydrogens (tertiary/aromatic N) is 1. The van der Waals surface area contributed by atoms with E-state index in [9.17, 15) is 14.4 Å². The molecule has 228 valence electrons. The van der Waals surface area contributed by atoms with Gasteiger partial charge in [0, 0.05) is 31.6 Å². The third kappa shape index (κ3) is 7.82. The van der Waals surface area contributed by atoms with Gasteiger partial charge in [0.15, 0.2) is 11.5 Å². The first-order valence-electron chi connectivity index (χ1n) is 14.5. The molecule has 2 aromatic carbocycles. The van der Waals surface area contributed by atoms with Crippen molar-refractivity contribution in [3.63, 3.8) is 0 Å². The Morgan fingerprint density at radius 2 is 1.79 bits per heavy atom. The van der Waals surface area contributed by atoms with E-state index in [1.165, 1.54) is 6.92 Å². The van der Waals surface area contributed by atoms with Gasteiger partial charge in [0.2, 0.25) is 23.0 Å². The molecular weight excluding hydrogens is 548 g/mol. The number of unbranched alkanes of at least 4 members (excludes halogenated alkanes) is 2. The molecule has 10 heteroatoms. The summed E-state index contributed by atoms with van der Waals surface area (Å²) in [5.74, 6) is 1.35. The van der Waals surface area contributed by atoms with Crippen LogP contribution in [0.25, 0.3) is 11.1 Å². The van der Waals surface area contributed by atoms with Gasteiger partial charge in [0.25, 0.3) is 0 Å². The molecule has 1 aromatic heterocycles. The fourth-order valence-electron chi connectivity index (χ4n) is 5.44. The maximum Gasteiger partial charge on any atom is 0.220 e. The predicted molar refractivity (Wildman–Crippen MR) is 166 cm³/mol. The molecule has 1 unspecified atom stereocenters. The van der Waals surface area contributed by atoms with Gasteiger partial charge in [0.1, 0.15) is 0 Å². The van der Waals surface area contributed by atoms with Gasteiger partial charge in [-0.15, -0.1) is 0 Å². The van der Waals surface area contributed by atoms with E-state index in [1.54, 1.807) is 39.7 Å². The summed E-state index contributed by atoms with van der Waals surface area (Å²) in [6, 6.07) is 12.5. The number of ether oxygens (including phenoxy) is 3. The highest BCUT2D eigenvalue weighted by Gasteiger charge is 2.29. The lowest BCUT2D eigenvalue weighted by atomic mass is 9.95. The fourth-order valence-corrected chi connectivity index (χ4v) is 5.44. The number of carbonyl (C=O) groups excluding carboxylic acids is 2. The average Bonchev–Trinajstić information content (AvgIpc) is 3.25. The first-order chi connectivity index (χ1) is 20.9. The van der Waals surface area contributed by atoms with Gasteiger partial charge in [-0.2, -0.15) is 0 Å². The number of nitrogens with one attached hydrogen (secondary N) is 3. The van der Waals surface area contributed by atoms with E-state index in [0.717, 1.165) is 41.6 Å². The summed E-state index contributed by atoms with van der Waals surface area (Å²) in [5, 5.41) is 9.19. The number of amides is 2. The van der Waals surface area contributed by atoms with Crippen molar-refractivity contribution in [3.8, 4) is 28.4 Å². The summed E-state index contributed by atoms with van der Waals surface area (Å²) in [5.41, 5.74) is 4.40. The number of methoxy groups -OCH3 is 3. The minimum absolute atomic E-state index is 0.00396. The molecule has 3 aromatic rings. The molecule has 4 rings (SSSR count). The van der Waals surface area contributed by atoms with Gasteiger partial charge in [-0.3, -0.25) is 19.4 Å². The molecule has 1 atom stereocenters. The second kappa shape index (κ2) is 15.0. The zero-order valence-electron chi connectivity index (χ0n) is 25.2. The van der Waals surface area contributed by atoms with E-state index in [-0.39, 0.29) is 23.3 Å². The highest BCUT2D eigenvalue weighted by atomic mass is 16.5. The molecule has 1 aliphatic carbocycles. The largest absolute Gasteiger partial charge is 0.493 e. The number of hydrogen-bond acceptors (Lipinski definition) is 8. The zero-order chi connectivity index (χ0) is 30.8. The van der Waals surface area contributed by atoms with Crippen molar-refractivity contribution in [1.29, 1.82) is 0 Å². The Balaban J connectivity index is 1.49. The number of fused-ring (bicyclic) bond motifs is 3. The van der Waals surface area contributed by atoms with Crippen LogP contribution in [-0.4, -0.2) is 44.7 Å². The standard InChI is InChI=1S/C33H40N4O6/c1-21(38)37-26-14-12-22-18-29(41-2)32(42-3)33(43-4)31(22)24-13-15-27(28(39)19-25(24)26)35-17-8-5-6-11-30(40)36-20-23-10-7-9-16-34-23/h7,9-10,13,15-16,18-19,26H,5-6,8,11-12,14,17,20H2,1-4H3,(H,35,39)(H,36,40)(H,37,38). The minimum Gasteiger partial charge on any atom is -0.493 e. The molecule has 10 nitrogen and oxygen atoms in total. The van der Waals surface area contributed by atoms with E-state index < -0.39 is 0 Å². The van der Waals surface area contributed by atoms with Crippen molar-refractivity contribution in [3.05, 3.63) is 75.7 Å². The number of benzene rings is 1. The van der Waals surface area contributed by atoms with Gasteiger partial charge in [-0.25, -0.2) is 0 Å². The van der Waals surface area contributed by atoms with Crippen LogP contribution in [0, 0.1) is 0 Å². The number of anilines is 1. The molecule has 1 aliphatic rings. The molecule has 43 heavy (non-hydrogen) atoms. The summed E-state index contributed by atoms with van der Waals surface area (Å²) in [7, 11) is 4.71. The fraction of sp³-hybridized carbons (Fsp3) is 0.394. The van der Waals surface area contributed by atoms with Gasteiger partial charge >= 0.3 is 0 Å². The van der Waals surface area contributed by atoms with Crippen LogP contribution >= 0.6 is 0 Å². The van der Waals surface area contributed by atoms with E-state index in [2.05, 4.69) is 20.9 Å². The third-order valence-electron chi connectivity index (χ3n) is 7.50. The Morgan fingerprint density at radius 3 is 2.49 bits per heavy atom. The van der Waals surface area contributed by atoms with Crippen molar-refractivity contribution < 1.29 is 23.8 Å². The van der Waals surface area contributed by atoms with Crippen molar-refractivity contribution in [2.45, 2.75) is 58.0 Å². The van der Waals surface area contributed by atoms with E-state index in [1.807, 2.05) is 30.3 Å². The summed E-state index contributed by atoms with van der Waals surface area (Å²) in [6.45, 7) is 2.48. The van der Waals surface area contributed by atoms with Gasteiger partial charge < -0.3 is 30.2 Å². The molecule has 0 fully saturated rings. The molecule has 0 saturated carbocycles. The van der Waals surface area contributed by atoms with Gasteiger partial charge in [0.05, 0.1) is 45.3 Å². The smallest absolute Gasteiger partial charge is 0.220 e. The maximum atomic E-state index is 13.4. The minimum atomic E-state index is -0.363. The molecule has 0 aliphatic heterocycles. The summed E-state index contributed by atoms with van der Waals surface area (Å²) >= 11 is 0. The van der Waals surface area contributed by atoms with Gasteiger partial charge in [-0.1, -0.05) is 18.6 Å². The summed E-state index contributed by atoms with van der Waals surface area (Å²) in [6.07, 6.45) is 5.76. The Labute approximate surface area is 252 Å². The summed E-state index contributed by atoms with van der Waals surface area (Å²) in [4.78, 5) is 41.9. The molecule has 1 heterocycles. The van der Waals surface area contributed by atoms with Crippen LogP contribution in [0.3, 0.4) is 0 Å². The van der Waals surface area contributed by atoms with Crippen LogP contribution in [0.5, 0.6) is 17.2 Å². The number of carbonyl (C=O) groups is 2. The highest BCUT2D eigenvalue weighted by molar-refractivity contribution is 5.83. The van der Waals surface area contributed by atoms with E-state index in [0.29, 0.717) is 60.9 Å². The number of aromatic nitrogens is 1. The predicted octanol–water partition coefficient (Wildman–Crippen LogP) is 4.55. The number of rotatable bonds is 13. The second-order valence-corrected chi connectivity index (χ2v) is 10.4. The topological polar surface area (TPSA) is 128 Å². The Kier molecular flexibility index (Phi) is 11.0. The number of aryl methyl sites for hydroxylation is 1. The molecule has 0 bridgehead atoms. The molecule has 2 amide bonds. The van der Waals surface area contributed by atoms with Crippen LogP contribution in [0.1, 0.15) is 61.9 Å². The van der Waals surface area contributed by atoms with Crippen LogP contribution in [0.15, 0.2) is 53.5 Å². The van der Waals surface area contributed by atoms with Crippen LogP contribution in [-0.2, 0) is 22.6 Å². The normalized spacial score (nSPS) is 13.5. The van der Waals surface area contributed by atoms with Crippen LogP contribution in [0.2, 0.25) is 0 Å². The first-order valence-corrected chi connectivity index (χ1v) is 14.5. The number of hydrogen-bond donors (Lipinski definition) is 3. The SMILES string of the molecule is COc1cc2c(c(OC)c1OC)-c1ccc(NCCCCCC(=O)NCc3ccccn3)c(=O)cc1C(NC(C)=O)CC2. The lowest BCUT2D eigenvalue weighted by Crippen LogP contribution is -2.26. The maximum absolute atomic E-state index is 13.4.